The van der Waals surface area contributed by atoms with Crippen molar-refractivity contribution < 1.29 is 50.0 Å². The molecule has 1 aliphatic heterocycles. The molecule has 4 rings (SSSR count). The molecule has 8 N–H and O–H groups in total. The van der Waals surface area contributed by atoms with Crippen LogP contribution in [-0.2, 0) is 10.5 Å². The van der Waals surface area contributed by atoms with E-state index >= 15 is 0 Å². The van der Waals surface area contributed by atoms with E-state index in [0.717, 1.165) is 6.07 Å². The van der Waals surface area contributed by atoms with Crippen LogP contribution in [0.1, 0.15) is 12.5 Å². The van der Waals surface area contributed by atoms with Gasteiger partial charge in [0.2, 0.25) is 17.0 Å². The maximum atomic E-state index is 12.8. The van der Waals surface area contributed by atoms with Crippen molar-refractivity contribution in [3.8, 4) is 34.3 Å². The first-order valence-electron chi connectivity index (χ1n) is 9.46. The minimum Gasteiger partial charge on any atom is -0.508 e. The number of hydrogen-bond acceptors (Lipinski definition) is 11. The number of fused-ring (bicyclic) bond motifs is 1. The molecular formula is C21H20O11. The van der Waals surface area contributed by atoms with E-state index in [9.17, 15) is 45.6 Å². The predicted molar refractivity (Wildman–Crippen MR) is 107 cm³/mol. The Labute approximate surface area is 179 Å². The summed E-state index contributed by atoms with van der Waals surface area (Å²) in [5, 5.41) is 81.6. The fourth-order valence-corrected chi connectivity index (χ4v) is 3.80. The highest BCUT2D eigenvalue weighted by Crippen LogP contribution is 2.47. The Balaban J connectivity index is 1.96. The summed E-state index contributed by atoms with van der Waals surface area (Å²) in [5.74, 6) is -6.14. The molecule has 11 heteroatoms. The second kappa shape index (κ2) is 7.36. The highest BCUT2D eigenvalue weighted by Gasteiger charge is 2.55. The molecule has 0 amide bonds. The van der Waals surface area contributed by atoms with Crippen molar-refractivity contribution in [1.82, 2.24) is 0 Å². The SMILES string of the molecule is C[C@@H]1OC(O)(c2c(O)cc3oc(-c4ccc(O)cc4)c(O)c(=O)c3c2O)[C@H](O)[C@H](O)[C@H]1O. The van der Waals surface area contributed by atoms with Crippen molar-refractivity contribution in [3.05, 3.63) is 46.1 Å². The second-order valence-corrected chi connectivity index (χ2v) is 7.59. The Bertz CT molecular complexity index is 1250. The van der Waals surface area contributed by atoms with Crippen molar-refractivity contribution in [2.75, 3.05) is 0 Å². The Hall–Kier alpha value is -3.35. The van der Waals surface area contributed by atoms with Crippen LogP contribution in [0.25, 0.3) is 22.3 Å². The molecule has 0 spiro atoms. The fourth-order valence-electron chi connectivity index (χ4n) is 3.80. The second-order valence-electron chi connectivity index (χ2n) is 7.59. The smallest absolute Gasteiger partial charge is 0.238 e. The molecule has 1 aromatic heterocycles. The van der Waals surface area contributed by atoms with Crippen molar-refractivity contribution in [2.45, 2.75) is 37.1 Å². The van der Waals surface area contributed by atoms with Crippen molar-refractivity contribution in [3.63, 3.8) is 0 Å². The highest BCUT2D eigenvalue weighted by atomic mass is 16.7. The van der Waals surface area contributed by atoms with E-state index in [0.29, 0.717) is 0 Å². The minimum absolute atomic E-state index is 0.0721. The van der Waals surface area contributed by atoms with E-state index in [-0.39, 0.29) is 22.7 Å². The van der Waals surface area contributed by atoms with E-state index in [4.69, 9.17) is 9.15 Å². The summed E-state index contributed by atoms with van der Waals surface area (Å²) in [5.41, 5.74) is -2.16. The number of rotatable bonds is 2. The molecule has 1 saturated heterocycles. The van der Waals surface area contributed by atoms with Crippen molar-refractivity contribution in [2.24, 2.45) is 0 Å². The average molecular weight is 448 g/mol. The van der Waals surface area contributed by atoms with Gasteiger partial charge in [0, 0.05) is 11.6 Å². The highest BCUT2D eigenvalue weighted by molar-refractivity contribution is 5.90. The molecular weight excluding hydrogens is 428 g/mol. The summed E-state index contributed by atoms with van der Waals surface area (Å²) < 4.78 is 10.7. The van der Waals surface area contributed by atoms with Gasteiger partial charge in [-0.1, -0.05) is 0 Å². The van der Waals surface area contributed by atoms with Gasteiger partial charge < -0.3 is 50.0 Å². The standard InChI is InChI=1S/C21H20O11/c1-7-14(24)18(28)20(29)21(30,32-7)13-10(23)6-11-12(15(13)25)16(26)17(27)19(31-11)8-2-4-9(22)5-3-8/h2-7,14,18,20,22-25,27-30H,1H3/t7-,14-,18+,20+,21?/m0/s1. The normalized spacial score (nSPS) is 28.2. The van der Waals surface area contributed by atoms with Crippen LogP contribution in [0.3, 0.4) is 0 Å². The van der Waals surface area contributed by atoms with Crippen LogP contribution in [0.15, 0.2) is 39.5 Å². The van der Waals surface area contributed by atoms with E-state index in [1.54, 1.807) is 0 Å². The number of hydrogen-bond donors (Lipinski definition) is 8. The molecule has 11 nitrogen and oxygen atoms in total. The average Bonchev–Trinajstić information content (AvgIpc) is 2.73. The molecule has 0 saturated carbocycles. The number of phenols is 3. The van der Waals surface area contributed by atoms with Gasteiger partial charge in [0.15, 0.2) is 5.76 Å². The summed E-state index contributed by atoms with van der Waals surface area (Å²) in [6.07, 6.45) is -6.97. The number of aromatic hydroxyl groups is 4. The number of phenolic OH excluding ortho intramolecular Hbond substituents is 3. The van der Waals surface area contributed by atoms with Crippen LogP contribution in [0.4, 0.5) is 0 Å². The lowest BCUT2D eigenvalue weighted by Gasteiger charge is -2.45. The van der Waals surface area contributed by atoms with Gasteiger partial charge in [-0.15, -0.1) is 0 Å². The Morgan fingerprint density at radius 1 is 0.938 bits per heavy atom. The molecule has 32 heavy (non-hydrogen) atoms. The van der Waals surface area contributed by atoms with Crippen LogP contribution in [-0.4, -0.2) is 65.3 Å². The lowest BCUT2D eigenvalue weighted by atomic mass is 9.87. The molecule has 2 aromatic carbocycles. The summed E-state index contributed by atoms with van der Waals surface area (Å²) in [7, 11) is 0. The topological polar surface area (TPSA) is 201 Å². The predicted octanol–water partition coefficient (Wildman–Crippen LogP) is -0.0711. The zero-order valence-corrected chi connectivity index (χ0v) is 16.5. The molecule has 0 radical (unpaired) electrons. The number of benzene rings is 2. The Morgan fingerprint density at radius 3 is 2.19 bits per heavy atom. The first kappa shape index (κ1) is 21.9. The van der Waals surface area contributed by atoms with Gasteiger partial charge in [0.1, 0.15) is 46.5 Å². The summed E-state index contributed by atoms with van der Waals surface area (Å²) in [6.45, 7) is 1.27. The summed E-state index contributed by atoms with van der Waals surface area (Å²) in [6, 6.07) is 6.14. The van der Waals surface area contributed by atoms with Gasteiger partial charge in [-0.2, -0.15) is 0 Å². The third kappa shape index (κ3) is 3.06. The Kier molecular flexibility index (Phi) is 5.03. The van der Waals surface area contributed by atoms with E-state index in [1.807, 2.05) is 0 Å². The monoisotopic (exact) mass is 448 g/mol. The molecule has 0 aliphatic carbocycles. The fraction of sp³-hybridized carbons (Fsp3) is 0.286. The number of ether oxygens (including phenoxy) is 1. The van der Waals surface area contributed by atoms with Crippen molar-refractivity contribution >= 4 is 11.0 Å². The quantitative estimate of drug-likeness (QED) is 0.261. The van der Waals surface area contributed by atoms with E-state index in [2.05, 4.69) is 0 Å². The van der Waals surface area contributed by atoms with E-state index < -0.39 is 63.8 Å². The van der Waals surface area contributed by atoms with Crippen LogP contribution in [0.5, 0.6) is 23.0 Å². The van der Waals surface area contributed by atoms with Crippen LogP contribution in [0, 0.1) is 0 Å². The lowest BCUT2D eigenvalue weighted by Crippen LogP contribution is -2.62. The molecule has 2 heterocycles. The molecule has 1 aliphatic rings. The maximum Gasteiger partial charge on any atom is 0.238 e. The van der Waals surface area contributed by atoms with Gasteiger partial charge in [-0.3, -0.25) is 4.79 Å². The molecule has 3 aromatic rings. The molecule has 0 bridgehead atoms. The van der Waals surface area contributed by atoms with Crippen LogP contribution >= 0.6 is 0 Å². The van der Waals surface area contributed by atoms with Crippen LogP contribution < -0.4 is 5.43 Å². The van der Waals surface area contributed by atoms with Crippen LogP contribution in [0.2, 0.25) is 0 Å². The van der Waals surface area contributed by atoms with Gasteiger partial charge in [-0.05, 0) is 31.2 Å². The van der Waals surface area contributed by atoms with Gasteiger partial charge in [0.05, 0.1) is 11.7 Å². The maximum absolute atomic E-state index is 12.8. The molecule has 1 fully saturated rings. The first-order chi connectivity index (χ1) is 15.0. The van der Waals surface area contributed by atoms with Gasteiger partial charge >= 0.3 is 0 Å². The third-order valence-corrected chi connectivity index (χ3v) is 5.52. The molecule has 170 valence electrons. The van der Waals surface area contributed by atoms with Gasteiger partial charge in [-0.25, -0.2) is 0 Å². The molecule has 5 atom stereocenters. The summed E-state index contributed by atoms with van der Waals surface area (Å²) >= 11 is 0. The molecule has 1 unspecified atom stereocenters. The zero-order valence-electron chi connectivity index (χ0n) is 16.5. The van der Waals surface area contributed by atoms with Crippen molar-refractivity contribution in [1.29, 1.82) is 0 Å². The van der Waals surface area contributed by atoms with E-state index in [1.165, 1.54) is 31.2 Å². The third-order valence-electron chi connectivity index (χ3n) is 5.52. The number of aliphatic hydroxyl groups excluding tert-OH is 3. The minimum atomic E-state index is -2.92. The Morgan fingerprint density at radius 2 is 1.56 bits per heavy atom. The number of aliphatic hydroxyl groups is 4. The largest absolute Gasteiger partial charge is 0.508 e. The van der Waals surface area contributed by atoms with Gasteiger partial charge in [0.25, 0.3) is 0 Å². The summed E-state index contributed by atoms with van der Waals surface area (Å²) in [4.78, 5) is 12.8. The lowest BCUT2D eigenvalue weighted by molar-refractivity contribution is -0.352. The first-order valence-corrected chi connectivity index (χ1v) is 9.46. The zero-order chi connectivity index (χ0) is 23.5.